The van der Waals surface area contributed by atoms with E-state index >= 15 is 0 Å². The zero-order chi connectivity index (χ0) is 22.5. The van der Waals surface area contributed by atoms with E-state index < -0.39 is 0 Å². The summed E-state index contributed by atoms with van der Waals surface area (Å²) in [5, 5.41) is 6.61. The maximum atomic E-state index is 12.7. The molecule has 0 saturated heterocycles. The number of benzene rings is 2. The van der Waals surface area contributed by atoms with Crippen molar-refractivity contribution in [3.63, 3.8) is 0 Å². The first-order valence-electron chi connectivity index (χ1n) is 10.0. The molecule has 8 heteroatoms. The standard InChI is InChI=1S/C24H22N4O2S2/c1-16-8-10-18(11-9-16)27-20(29)12-28(2)21(30)14-32-24-22-19(17-6-4-3-5-7-17)13-31-23(22)25-15-26-24/h3-11,13,15H,12,14H2,1-2H3,(H,27,29). The van der Waals surface area contributed by atoms with Gasteiger partial charge in [-0.05, 0) is 24.6 Å². The van der Waals surface area contributed by atoms with Crippen LogP contribution in [0.5, 0.6) is 0 Å². The van der Waals surface area contributed by atoms with E-state index in [1.807, 2.05) is 49.4 Å². The van der Waals surface area contributed by atoms with Crippen molar-refractivity contribution in [3.05, 3.63) is 71.9 Å². The molecule has 2 aromatic carbocycles. The second-order valence-electron chi connectivity index (χ2n) is 7.33. The first-order chi connectivity index (χ1) is 15.5. The van der Waals surface area contributed by atoms with Gasteiger partial charge >= 0.3 is 0 Å². The molecule has 0 bridgehead atoms. The fourth-order valence-corrected chi connectivity index (χ4v) is 5.10. The van der Waals surface area contributed by atoms with Crippen molar-refractivity contribution >= 4 is 50.8 Å². The van der Waals surface area contributed by atoms with Gasteiger partial charge < -0.3 is 10.2 Å². The predicted molar refractivity (Wildman–Crippen MR) is 131 cm³/mol. The number of thiophene rings is 1. The number of amides is 2. The summed E-state index contributed by atoms with van der Waals surface area (Å²) in [6.07, 6.45) is 1.53. The van der Waals surface area contributed by atoms with E-state index in [-0.39, 0.29) is 24.1 Å². The summed E-state index contributed by atoms with van der Waals surface area (Å²) < 4.78 is 0. The lowest BCUT2D eigenvalue weighted by molar-refractivity contribution is -0.131. The highest BCUT2D eigenvalue weighted by Crippen LogP contribution is 2.37. The second kappa shape index (κ2) is 9.93. The van der Waals surface area contributed by atoms with Gasteiger partial charge in [0, 0.05) is 23.7 Å². The third-order valence-corrected chi connectivity index (χ3v) is 6.76. The van der Waals surface area contributed by atoms with E-state index in [9.17, 15) is 9.59 Å². The van der Waals surface area contributed by atoms with Crippen molar-refractivity contribution in [2.24, 2.45) is 0 Å². The molecule has 0 atom stereocenters. The smallest absolute Gasteiger partial charge is 0.243 e. The number of aromatic nitrogens is 2. The van der Waals surface area contributed by atoms with Gasteiger partial charge in [-0.2, -0.15) is 0 Å². The van der Waals surface area contributed by atoms with Crippen molar-refractivity contribution in [2.75, 3.05) is 24.7 Å². The molecule has 0 aliphatic rings. The number of thioether (sulfide) groups is 1. The Balaban J connectivity index is 1.41. The van der Waals surface area contributed by atoms with Gasteiger partial charge in [-0.15, -0.1) is 11.3 Å². The molecule has 0 radical (unpaired) electrons. The summed E-state index contributed by atoms with van der Waals surface area (Å²) in [5.41, 5.74) is 3.98. The van der Waals surface area contributed by atoms with E-state index in [1.165, 1.54) is 23.0 Å². The first-order valence-corrected chi connectivity index (χ1v) is 11.9. The van der Waals surface area contributed by atoms with Gasteiger partial charge in [0.25, 0.3) is 0 Å². The normalized spacial score (nSPS) is 10.8. The van der Waals surface area contributed by atoms with Gasteiger partial charge in [0.2, 0.25) is 11.8 Å². The number of nitrogens with zero attached hydrogens (tertiary/aromatic N) is 3. The highest BCUT2D eigenvalue weighted by molar-refractivity contribution is 8.00. The number of likely N-dealkylation sites (N-methyl/N-ethyl adjacent to an activating group) is 1. The highest BCUT2D eigenvalue weighted by atomic mass is 32.2. The van der Waals surface area contributed by atoms with Gasteiger partial charge in [0.1, 0.15) is 16.2 Å². The number of aryl methyl sites for hydroxylation is 1. The molecule has 0 spiro atoms. The Morgan fingerprint density at radius 2 is 1.81 bits per heavy atom. The van der Waals surface area contributed by atoms with Crippen molar-refractivity contribution < 1.29 is 9.59 Å². The lowest BCUT2D eigenvalue weighted by Gasteiger charge is -2.16. The molecule has 4 aromatic rings. The maximum Gasteiger partial charge on any atom is 0.243 e. The second-order valence-corrected chi connectivity index (χ2v) is 9.15. The molecule has 0 aliphatic carbocycles. The van der Waals surface area contributed by atoms with Crippen molar-refractivity contribution in [1.82, 2.24) is 14.9 Å². The minimum Gasteiger partial charge on any atom is -0.336 e. The zero-order valence-corrected chi connectivity index (χ0v) is 19.4. The van der Waals surface area contributed by atoms with E-state index in [2.05, 4.69) is 32.8 Å². The molecule has 162 valence electrons. The van der Waals surface area contributed by atoms with Gasteiger partial charge in [0.05, 0.1) is 17.7 Å². The average molecular weight is 463 g/mol. The van der Waals surface area contributed by atoms with Crippen LogP contribution < -0.4 is 5.32 Å². The molecule has 2 heterocycles. The van der Waals surface area contributed by atoms with E-state index in [4.69, 9.17) is 0 Å². The van der Waals surface area contributed by atoms with Gasteiger partial charge in [-0.25, -0.2) is 9.97 Å². The molecule has 0 saturated carbocycles. The summed E-state index contributed by atoms with van der Waals surface area (Å²) >= 11 is 2.93. The summed E-state index contributed by atoms with van der Waals surface area (Å²) in [5.74, 6) is -0.189. The summed E-state index contributed by atoms with van der Waals surface area (Å²) in [4.78, 5) is 36.1. The van der Waals surface area contributed by atoms with Crippen molar-refractivity contribution in [3.8, 4) is 11.1 Å². The maximum absolute atomic E-state index is 12.7. The molecule has 2 amide bonds. The fourth-order valence-electron chi connectivity index (χ4n) is 3.17. The third-order valence-electron chi connectivity index (χ3n) is 4.89. The van der Waals surface area contributed by atoms with E-state index in [0.717, 1.165) is 31.9 Å². The largest absolute Gasteiger partial charge is 0.336 e. The Morgan fingerprint density at radius 3 is 2.56 bits per heavy atom. The lowest BCUT2D eigenvalue weighted by atomic mass is 10.1. The topological polar surface area (TPSA) is 75.2 Å². The van der Waals surface area contributed by atoms with E-state index in [1.54, 1.807) is 18.4 Å². The quantitative estimate of drug-likeness (QED) is 0.314. The van der Waals surface area contributed by atoms with Crippen LogP contribution in [0.25, 0.3) is 21.3 Å². The number of hydrogen-bond acceptors (Lipinski definition) is 6. The van der Waals surface area contributed by atoms with Crippen LogP contribution in [0.4, 0.5) is 5.69 Å². The number of hydrogen-bond donors (Lipinski definition) is 1. The summed E-state index contributed by atoms with van der Waals surface area (Å²) in [6.45, 7) is 1.97. The Morgan fingerprint density at radius 1 is 1.06 bits per heavy atom. The molecule has 0 aliphatic heterocycles. The van der Waals surface area contributed by atoms with Gasteiger partial charge in [-0.3, -0.25) is 9.59 Å². The van der Waals surface area contributed by atoms with Crippen LogP contribution in [0, 0.1) is 6.92 Å². The number of fused-ring (bicyclic) bond motifs is 1. The Bertz CT molecular complexity index is 1240. The number of anilines is 1. The Kier molecular flexibility index (Phi) is 6.82. The lowest BCUT2D eigenvalue weighted by Crippen LogP contribution is -2.35. The first kappa shape index (κ1) is 22.0. The predicted octanol–water partition coefficient (Wildman–Crippen LogP) is 4.86. The Hall–Kier alpha value is -3.23. The van der Waals surface area contributed by atoms with E-state index in [0.29, 0.717) is 5.69 Å². The number of carbonyl (C=O) groups excluding carboxylic acids is 2. The van der Waals surface area contributed by atoms with Crippen LogP contribution in [-0.4, -0.2) is 46.0 Å². The highest BCUT2D eigenvalue weighted by Gasteiger charge is 2.17. The molecule has 1 N–H and O–H groups in total. The third kappa shape index (κ3) is 5.15. The van der Waals surface area contributed by atoms with Crippen LogP contribution in [0.2, 0.25) is 0 Å². The molecule has 0 fully saturated rings. The fraction of sp³-hybridized carbons (Fsp3) is 0.167. The van der Waals surface area contributed by atoms with Crippen molar-refractivity contribution in [2.45, 2.75) is 11.9 Å². The SMILES string of the molecule is Cc1ccc(NC(=O)CN(C)C(=O)CSc2ncnc3scc(-c4ccccc4)c23)cc1. The molecule has 32 heavy (non-hydrogen) atoms. The van der Waals surface area contributed by atoms with Crippen LogP contribution in [0.3, 0.4) is 0 Å². The molecular weight excluding hydrogens is 440 g/mol. The molecule has 0 unspecified atom stereocenters. The minimum atomic E-state index is -0.233. The summed E-state index contributed by atoms with van der Waals surface area (Å²) in [7, 11) is 1.63. The Labute approximate surface area is 194 Å². The van der Waals surface area contributed by atoms with Crippen LogP contribution in [0.1, 0.15) is 5.56 Å². The summed E-state index contributed by atoms with van der Waals surface area (Å²) in [6, 6.07) is 17.6. The molecule has 2 aromatic heterocycles. The minimum absolute atomic E-state index is 0.0137. The molecular formula is C24H22N4O2S2. The van der Waals surface area contributed by atoms with Crippen LogP contribution in [0.15, 0.2) is 71.3 Å². The average Bonchev–Trinajstić information content (AvgIpc) is 3.24. The molecule has 4 rings (SSSR count). The zero-order valence-electron chi connectivity index (χ0n) is 17.7. The molecule has 6 nitrogen and oxygen atoms in total. The van der Waals surface area contributed by atoms with Crippen molar-refractivity contribution in [1.29, 1.82) is 0 Å². The number of rotatable bonds is 7. The number of carbonyl (C=O) groups is 2. The van der Waals surface area contributed by atoms with Gasteiger partial charge in [-0.1, -0.05) is 59.8 Å². The van der Waals surface area contributed by atoms with Crippen LogP contribution in [-0.2, 0) is 9.59 Å². The van der Waals surface area contributed by atoms with Gasteiger partial charge in [0.15, 0.2) is 0 Å². The monoisotopic (exact) mass is 462 g/mol. The number of nitrogens with one attached hydrogen (secondary N) is 1. The van der Waals surface area contributed by atoms with Crippen LogP contribution >= 0.6 is 23.1 Å².